The van der Waals surface area contributed by atoms with Crippen LogP contribution in [0, 0.1) is 6.92 Å². The molecule has 1 saturated carbocycles. The van der Waals surface area contributed by atoms with Crippen LogP contribution < -0.4 is 10.1 Å². The van der Waals surface area contributed by atoms with E-state index in [1.54, 1.807) is 25.3 Å². The van der Waals surface area contributed by atoms with Crippen LogP contribution in [0.3, 0.4) is 0 Å². The smallest absolute Gasteiger partial charge is 0.408 e. The molecule has 1 amide bonds. The summed E-state index contributed by atoms with van der Waals surface area (Å²) in [5.74, 6) is -0.626. The number of carbonyl (C=O) groups is 1. The van der Waals surface area contributed by atoms with Gasteiger partial charge in [0.25, 0.3) is 0 Å². The molecule has 4 rings (SSSR count). The van der Waals surface area contributed by atoms with E-state index in [-0.39, 0.29) is 35.6 Å². The number of alkyl halides is 3. The van der Waals surface area contributed by atoms with E-state index >= 15 is 0 Å². The number of hydrogen-bond donors (Lipinski definition) is 2. The zero-order valence-corrected chi connectivity index (χ0v) is 21.1. The number of rotatable bonds is 5. The Bertz CT molecular complexity index is 1120. The summed E-state index contributed by atoms with van der Waals surface area (Å²) in [5.41, 5.74) is 0.148. The lowest BCUT2D eigenvalue weighted by Gasteiger charge is -2.27. The van der Waals surface area contributed by atoms with Crippen molar-refractivity contribution in [2.24, 2.45) is 0 Å². The third-order valence-corrected chi connectivity index (χ3v) is 6.91. The van der Waals surface area contributed by atoms with E-state index in [0.29, 0.717) is 24.2 Å². The molecular formula is C25H30ClF3N2O5. The maximum absolute atomic E-state index is 13.5. The molecule has 1 aliphatic carbocycles. The summed E-state index contributed by atoms with van der Waals surface area (Å²) in [5, 5.41) is 13.0. The monoisotopic (exact) mass is 530 g/mol. The molecule has 2 N–H and O–H groups in total. The van der Waals surface area contributed by atoms with E-state index in [9.17, 15) is 23.1 Å². The number of aliphatic hydroxyl groups is 1. The van der Waals surface area contributed by atoms with Crippen molar-refractivity contribution < 1.29 is 37.3 Å². The summed E-state index contributed by atoms with van der Waals surface area (Å²) < 4.78 is 59.2. The van der Waals surface area contributed by atoms with E-state index in [4.69, 9.17) is 25.8 Å². The fourth-order valence-corrected chi connectivity index (χ4v) is 4.91. The molecule has 1 aromatic carbocycles. The normalized spacial score (nSPS) is 24.1. The highest BCUT2D eigenvalue weighted by Crippen LogP contribution is 2.39. The Balaban J connectivity index is 1.67. The minimum absolute atomic E-state index is 0.118. The Morgan fingerprint density at radius 3 is 2.64 bits per heavy atom. The predicted molar refractivity (Wildman–Crippen MR) is 127 cm³/mol. The zero-order chi connectivity index (χ0) is 26.3. The molecule has 0 spiro atoms. The molecule has 1 aliphatic heterocycles. The van der Waals surface area contributed by atoms with Crippen molar-refractivity contribution in [2.45, 2.75) is 83.2 Å². The van der Waals surface area contributed by atoms with E-state index in [1.165, 1.54) is 12.1 Å². The molecule has 11 heteroatoms. The highest BCUT2D eigenvalue weighted by atomic mass is 35.5. The maximum Gasteiger partial charge on any atom is 0.416 e. The lowest BCUT2D eigenvalue weighted by molar-refractivity contribution is -0.139. The molecule has 2 aliphatic rings. The van der Waals surface area contributed by atoms with Gasteiger partial charge in [0.05, 0.1) is 42.2 Å². The number of aliphatic hydroxyl groups excluding tert-OH is 1. The Morgan fingerprint density at radius 2 is 2.00 bits per heavy atom. The van der Waals surface area contributed by atoms with Gasteiger partial charge < -0.3 is 29.2 Å². The molecule has 2 aromatic rings. The van der Waals surface area contributed by atoms with Gasteiger partial charge in [0, 0.05) is 16.7 Å². The summed E-state index contributed by atoms with van der Waals surface area (Å²) in [7, 11) is 0. The van der Waals surface area contributed by atoms with Gasteiger partial charge in [-0.05, 0) is 51.8 Å². The summed E-state index contributed by atoms with van der Waals surface area (Å²) in [6.07, 6.45) is -3.33. The largest absolute Gasteiger partial charge is 0.416 e. The van der Waals surface area contributed by atoms with Crippen molar-refractivity contribution >= 4 is 17.7 Å². The van der Waals surface area contributed by atoms with E-state index in [0.717, 1.165) is 25.0 Å². The minimum Gasteiger partial charge on any atom is -0.408 e. The molecule has 1 aromatic heterocycles. The third-order valence-electron chi connectivity index (χ3n) is 6.58. The molecule has 36 heavy (non-hydrogen) atoms. The first kappa shape index (κ1) is 26.8. The van der Waals surface area contributed by atoms with Gasteiger partial charge in [0.1, 0.15) is 6.10 Å². The predicted octanol–water partition coefficient (Wildman–Crippen LogP) is 5.68. The van der Waals surface area contributed by atoms with Crippen LogP contribution in [0.5, 0.6) is 5.75 Å². The molecule has 7 nitrogen and oxygen atoms in total. The first-order valence-electron chi connectivity index (χ1n) is 11.9. The first-order chi connectivity index (χ1) is 16.8. The van der Waals surface area contributed by atoms with Crippen LogP contribution in [0.15, 0.2) is 24.3 Å². The number of ether oxygens (including phenoxy) is 3. The summed E-state index contributed by atoms with van der Waals surface area (Å²) in [6.45, 7) is 5.78. The number of amides is 1. The third kappa shape index (κ3) is 5.99. The van der Waals surface area contributed by atoms with Gasteiger partial charge in [0.2, 0.25) is 0 Å². The molecule has 1 unspecified atom stereocenters. The average Bonchev–Trinajstić information content (AvgIpc) is 3.28. The number of aromatic nitrogens is 1. The van der Waals surface area contributed by atoms with Gasteiger partial charge in [-0.3, -0.25) is 0 Å². The Kier molecular flexibility index (Phi) is 7.62. The van der Waals surface area contributed by atoms with Crippen molar-refractivity contribution in [3.05, 3.63) is 40.5 Å². The Hall–Kier alpha value is -2.27. The molecule has 0 bridgehead atoms. The van der Waals surface area contributed by atoms with Crippen LogP contribution in [0.1, 0.15) is 50.8 Å². The number of halogens is 4. The molecule has 1 saturated heterocycles. The quantitative estimate of drug-likeness (QED) is 0.520. The number of nitrogens with zero attached hydrogens (tertiary/aromatic N) is 1. The number of hydrogen-bond acceptors (Lipinski definition) is 5. The molecule has 198 valence electrons. The van der Waals surface area contributed by atoms with Crippen LogP contribution in [0.25, 0.3) is 11.3 Å². The van der Waals surface area contributed by atoms with Crippen molar-refractivity contribution in [3.63, 3.8) is 0 Å². The molecule has 3 atom stereocenters. The number of benzene rings is 1. The maximum atomic E-state index is 13.5. The average molecular weight is 531 g/mol. The van der Waals surface area contributed by atoms with Crippen LogP contribution in [-0.2, 0) is 22.2 Å². The van der Waals surface area contributed by atoms with Crippen LogP contribution in [-0.4, -0.2) is 46.4 Å². The lowest BCUT2D eigenvalue weighted by Crippen LogP contribution is -2.46. The van der Waals surface area contributed by atoms with Crippen LogP contribution in [0.4, 0.5) is 18.0 Å². The van der Waals surface area contributed by atoms with Gasteiger partial charge in [0.15, 0.2) is 11.5 Å². The van der Waals surface area contributed by atoms with E-state index in [1.807, 2.05) is 0 Å². The zero-order valence-electron chi connectivity index (χ0n) is 20.3. The summed E-state index contributed by atoms with van der Waals surface area (Å²) >= 11 is 6.34. The highest BCUT2D eigenvalue weighted by molar-refractivity contribution is 6.33. The summed E-state index contributed by atoms with van der Waals surface area (Å²) in [4.78, 5) is 12.6. The first-order valence-corrected chi connectivity index (χ1v) is 12.3. The van der Waals surface area contributed by atoms with Crippen LogP contribution >= 0.6 is 11.6 Å². The topological polar surface area (TPSA) is 82.0 Å². The molecule has 2 fully saturated rings. The highest BCUT2D eigenvalue weighted by Gasteiger charge is 2.35. The van der Waals surface area contributed by atoms with Gasteiger partial charge in [-0.25, -0.2) is 4.79 Å². The molecular weight excluding hydrogens is 501 g/mol. The fraction of sp³-hybridized carbons (Fsp3) is 0.560. The second-order valence-electron chi connectivity index (χ2n) is 9.73. The second-order valence-corrected chi connectivity index (χ2v) is 10.1. The van der Waals surface area contributed by atoms with Crippen molar-refractivity contribution in [3.8, 4) is 17.0 Å². The van der Waals surface area contributed by atoms with Crippen molar-refractivity contribution in [1.82, 2.24) is 9.88 Å². The Labute approximate surface area is 212 Å². The lowest BCUT2D eigenvalue weighted by atomic mass is 9.93. The molecule has 0 radical (unpaired) electrons. The Morgan fingerprint density at radius 1 is 1.28 bits per heavy atom. The fourth-order valence-electron chi connectivity index (χ4n) is 4.70. The standard InChI is InChI=1S/C25H30ClF3N2O5/c1-14-22(35-23(33)30-19-6-4-5-7-21(19)32)11-20(31(14)12-16-13-34-24(2,3)36-16)17-10-15(25(27,28)29)8-9-18(17)26/h8-11,16,19,21,32H,4-7,12-13H2,1-3H3,(H,30,33)/t16?,19-,21-/m1/s1. The summed E-state index contributed by atoms with van der Waals surface area (Å²) in [6, 6.07) is 4.17. The molecule has 2 heterocycles. The minimum atomic E-state index is -4.56. The van der Waals surface area contributed by atoms with Gasteiger partial charge >= 0.3 is 12.3 Å². The van der Waals surface area contributed by atoms with Gasteiger partial charge in [-0.2, -0.15) is 13.2 Å². The van der Waals surface area contributed by atoms with Gasteiger partial charge in [-0.1, -0.05) is 24.4 Å². The number of carbonyl (C=O) groups excluding carboxylic acids is 1. The SMILES string of the molecule is Cc1c(OC(=O)N[C@@H]2CCCC[C@H]2O)cc(-c2cc(C(F)(F)F)ccc2Cl)n1CC1COC(C)(C)O1. The van der Waals surface area contributed by atoms with Crippen molar-refractivity contribution in [2.75, 3.05) is 6.61 Å². The van der Waals surface area contributed by atoms with E-state index in [2.05, 4.69) is 5.32 Å². The second kappa shape index (κ2) is 10.2. The van der Waals surface area contributed by atoms with E-state index < -0.39 is 35.8 Å². The number of nitrogens with one attached hydrogen (secondary N) is 1. The van der Waals surface area contributed by atoms with Gasteiger partial charge in [-0.15, -0.1) is 0 Å². The van der Waals surface area contributed by atoms with Crippen molar-refractivity contribution in [1.29, 1.82) is 0 Å². The van der Waals surface area contributed by atoms with Crippen LogP contribution in [0.2, 0.25) is 5.02 Å².